The highest BCUT2D eigenvalue weighted by Crippen LogP contribution is 2.30. The number of rotatable bonds is 4. The van der Waals surface area contributed by atoms with E-state index < -0.39 is 0 Å². The fourth-order valence-corrected chi connectivity index (χ4v) is 4.16. The zero-order valence-electron chi connectivity index (χ0n) is 16.7. The summed E-state index contributed by atoms with van der Waals surface area (Å²) in [7, 11) is 1.62. The lowest BCUT2D eigenvalue weighted by Gasteiger charge is -2.32. The molecule has 5 nitrogen and oxygen atoms in total. The fourth-order valence-electron chi connectivity index (χ4n) is 3.98. The minimum Gasteiger partial charge on any atom is -0.496 e. The van der Waals surface area contributed by atoms with E-state index in [0.717, 1.165) is 29.4 Å². The highest BCUT2D eigenvalue weighted by molar-refractivity contribution is 6.33. The van der Waals surface area contributed by atoms with E-state index in [4.69, 9.17) is 16.3 Å². The molecule has 154 valence electrons. The average Bonchev–Trinajstić information content (AvgIpc) is 2.79. The molecule has 1 N–H and O–H groups in total. The normalized spacial score (nSPS) is 16.3. The zero-order chi connectivity index (χ0) is 21.1. The number of nitrogens with zero attached hydrogens (tertiary/aromatic N) is 1. The van der Waals surface area contributed by atoms with E-state index >= 15 is 0 Å². The van der Waals surface area contributed by atoms with Crippen LogP contribution in [0.1, 0.15) is 23.2 Å². The van der Waals surface area contributed by atoms with Crippen LogP contribution in [0, 0.1) is 5.92 Å². The monoisotopic (exact) mass is 422 g/mol. The number of halogens is 1. The molecular formula is C24H23ClN2O3. The Kier molecular flexibility index (Phi) is 5.91. The van der Waals surface area contributed by atoms with Gasteiger partial charge in [-0.2, -0.15) is 0 Å². The standard InChI is InChI=1S/C24H23ClN2O3/c1-30-22-13-12-19(17-8-2-3-9-18(17)22)24(29)27-14-6-7-16(15-27)23(28)26-21-11-5-4-10-20(21)25/h2-5,8-13,16H,6-7,14-15H2,1H3,(H,26,28). The Bertz CT molecular complexity index is 1100. The van der Waals surface area contributed by atoms with Crippen LogP contribution in [0.15, 0.2) is 60.7 Å². The Morgan fingerprint density at radius 1 is 1.03 bits per heavy atom. The Hall–Kier alpha value is -3.05. The van der Waals surface area contributed by atoms with Crippen LogP contribution in [-0.4, -0.2) is 36.9 Å². The molecule has 30 heavy (non-hydrogen) atoms. The van der Waals surface area contributed by atoms with E-state index in [1.807, 2.05) is 42.5 Å². The number of hydrogen-bond acceptors (Lipinski definition) is 3. The Morgan fingerprint density at radius 3 is 2.53 bits per heavy atom. The first kappa shape index (κ1) is 20.2. The summed E-state index contributed by atoms with van der Waals surface area (Å²) in [5.74, 6) is 0.283. The molecule has 0 radical (unpaired) electrons. The van der Waals surface area contributed by atoms with Crippen LogP contribution in [0.25, 0.3) is 10.8 Å². The highest BCUT2D eigenvalue weighted by Gasteiger charge is 2.30. The van der Waals surface area contributed by atoms with Gasteiger partial charge in [0.15, 0.2) is 0 Å². The lowest BCUT2D eigenvalue weighted by atomic mass is 9.95. The van der Waals surface area contributed by atoms with Crippen molar-refractivity contribution in [2.24, 2.45) is 5.92 Å². The lowest BCUT2D eigenvalue weighted by Crippen LogP contribution is -2.43. The van der Waals surface area contributed by atoms with Gasteiger partial charge in [0.2, 0.25) is 5.91 Å². The number of ether oxygens (including phenoxy) is 1. The minimum atomic E-state index is -0.275. The summed E-state index contributed by atoms with van der Waals surface area (Å²) in [6.45, 7) is 1.02. The molecule has 6 heteroatoms. The second-order valence-corrected chi connectivity index (χ2v) is 7.83. The van der Waals surface area contributed by atoms with Crippen molar-refractivity contribution in [3.05, 3.63) is 71.2 Å². The maximum Gasteiger partial charge on any atom is 0.254 e. The molecule has 2 amide bonds. The number of para-hydroxylation sites is 1. The predicted octanol–water partition coefficient (Wildman–Crippen LogP) is 4.99. The van der Waals surface area contributed by atoms with Crippen molar-refractivity contribution in [1.82, 2.24) is 4.90 Å². The molecule has 0 aliphatic carbocycles. The van der Waals surface area contributed by atoms with Crippen molar-refractivity contribution in [2.75, 3.05) is 25.5 Å². The number of likely N-dealkylation sites (tertiary alicyclic amines) is 1. The smallest absolute Gasteiger partial charge is 0.254 e. The first-order valence-corrected chi connectivity index (χ1v) is 10.4. The van der Waals surface area contributed by atoms with Crippen LogP contribution in [0.5, 0.6) is 5.75 Å². The third-order valence-electron chi connectivity index (χ3n) is 5.55. The van der Waals surface area contributed by atoms with Crippen molar-refractivity contribution in [1.29, 1.82) is 0 Å². The number of anilines is 1. The van der Waals surface area contributed by atoms with Crippen molar-refractivity contribution in [3.8, 4) is 5.75 Å². The van der Waals surface area contributed by atoms with Crippen molar-refractivity contribution >= 4 is 39.9 Å². The largest absolute Gasteiger partial charge is 0.496 e. The Labute approximate surface area is 180 Å². The number of carbonyl (C=O) groups is 2. The van der Waals surface area contributed by atoms with Gasteiger partial charge in [0.25, 0.3) is 5.91 Å². The molecule has 1 fully saturated rings. The zero-order valence-corrected chi connectivity index (χ0v) is 17.5. The molecule has 1 saturated heterocycles. The third-order valence-corrected chi connectivity index (χ3v) is 5.88. The maximum atomic E-state index is 13.3. The van der Waals surface area contributed by atoms with Crippen LogP contribution in [-0.2, 0) is 4.79 Å². The molecule has 1 heterocycles. The Morgan fingerprint density at radius 2 is 1.77 bits per heavy atom. The van der Waals surface area contributed by atoms with Gasteiger partial charge >= 0.3 is 0 Å². The molecule has 3 aromatic carbocycles. The number of piperidine rings is 1. The van der Waals surface area contributed by atoms with E-state index in [0.29, 0.717) is 29.4 Å². The summed E-state index contributed by atoms with van der Waals surface area (Å²) in [6.07, 6.45) is 1.52. The van der Waals surface area contributed by atoms with Gasteiger partial charge < -0.3 is 15.0 Å². The van der Waals surface area contributed by atoms with Gasteiger partial charge in [-0.25, -0.2) is 0 Å². The van der Waals surface area contributed by atoms with E-state index in [-0.39, 0.29) is 17.7 Å². The molecule has 0 saturated carbocycles. The van der Waals surface area contributed by atoms with E-state index in [9.17, 15) is 9.59 Å². The molecule has 1 atom stereocenters. The molecule has 1 aliphatic heterocycles. The second kappa shape index (κ2) is 8.76. The van der Waals surface area contributed by atoms with Crippen LogP contribution in [0.3, 0.4) is 0 Å². The Balaban J connectivity index is 1.54. The number of hydrogen-bond donors (Lipinski definition) is 1. The number of benzene rings is 3. The van der Waals surface area contributed by atoms with E-state index in [2.05, 4.69) is 5.32 Å². The van der Waals surface area contributed by atoms with Gasteiger partial charge in [-0.3, -0.25) is 9.59 Å². The van der Waals surface area contributed by atoms with E-state index in [1.165, 1.54) is 0 Å². The van der Waals surface area contributed by atoms with Gasteiger partial charge in [0.1, 0.15) is 5.75 Å². The first-order chi connectivity index (χ1) is 14.6. The first-order valence-electron chi connectivity index (χ1n) is 9.99. The lowest BCUT2D eigenvalue weighted by molar-refractivity contribution is -0.121. The van der Waals surface area contributed by atoms with Gasteiger partial charge in [-0.1, -0.05) is 48.0 Å². The van der Waals surface area contributed by atoms with Crippen LogP contribution < -0.4 is 10.1 Å². The molecule has 0 aromatic heterocycles. The number of methoxy groups -OCH3 is 1. The van der Waals surface area contributed by atoms with E-state index in [1.54, 1.807) is 30.2 Å². The highest BCUT2D eigenvalue weighted by atomic mass is 35.5. The number of nitrogens with one attached hydrogen (secondary N) is 1. The predicted molar refractivity (Wildman–Crippen MR) is 119 cm³/mol. The average molecular weight is 423 g/mol. The van der Waals surface area contributed by atoms with Crippen LogP contribution in [0.4, 0.5) is 5.69 Å². The van der Waals surface area contributed by atoms with Gasteiger partial charge in [0, 0.05) is 24.0 Å². The van der Waals surface area contributed by atoms with Gasteiger partial charge in [-0.15, -0.1) is 0 Å². The summed E-state index contributed by atoms with van der Waals surface area (Å²) in [6, 6.07) is 18.5. The van der Waals surface area contributed by atoms with Crippen molar-refractivity contribution < 1.29 is 14.3 Å². The van der Waals surface area contributed by atoms with Crippen LogP contribution >= 0.6 is 11.6 Å². The number of fused-ring (bicyclic) bond motifs is 1. The summed E-state index contributed by atoms with van der Waals surface area (Å²) in [4.78, 5) is 27.9. The van der Waals surface area contributed by atoms with Gasteiger partial charge in [-0.05, 0) is 42.5 Å². The summed E-state index contributed by atoms with van der Waals surface area (Å²) in [5.41, 5.74) is 1.22. The van der Waals surface area contributed by atoms with Crippen molar-refractivity contribution in [2.45, 2.75) is 12.8 Å². The van der Waals surface area contributed by atoms with Crippen molar-refractivity contribution in [3.63, 3.8) is 0 Å². The molecule has 3 aromatic rings. The second-order valence-electron chi connectivity index (χ2n) is 7.42. The minimum absolute atomic E-state index is 0.0657. The van der Waals surface area contributed by atoms with Gasteiger partial charge in [0.05, 0.1) is 23.7 Å². The quantitative estimate of drug-likeness (QED) is 0.644. The topological polar surface area (TPSA) is 58.6 Å². The summed E-state index contributed by atoms with van der Waals surface area (Å²) < 4.78 is 5.43. The van der Waals surface area contributed by atoms with Crippen LogP contribution in [0.2, 0.25) is 5.02 Å². The number of carbonyl (C=O) groups excluding carboxylic acids is 2. The summed E-state index contributed by atoms with van der Waals surface area (Å²) >= 11 is 6.16. The SMILES string of the molecule is COc1ccc(C(=O)N2CCCC(C(=O)Nc3ccccc3Cl)C2)c2ccccc12. The molecule has 4 rings (SSSR count). The molecule has 1 unspecified atom stereocenters. The molecule has 0 bridgehead atoms. The fraction of sp³-hybridized carbons (Fsp3) is 0.250. The molecule has 1 aliphatic rings. The molecular weight excluding hydrogens is 400 g/mol. The maximum absolute atomic E-state index is 13.3. The summed E-state index contributed by atoms with van der Waals surface area (Å²) in [5, 5.41) is 5.15. The molecule has 0 spiro atoms. The third kappa shape index (κ3) is 3.98. The number of amides is 2.